The fourth-order valence-corrected chi connectivity index (χ4v) is 23.6. The van der Waals surface area contributed by atoms with Crippen molar-refractivity contribution in [3.8, 4) is 86.9 Å². The van der Waals surface area contributed by atoms with Crippen molar-refractivity contribution in [2.24, 2.45) is 0 Å². The fraction of sp³-hybridized carbons (Fsp3) is 0. The molecular formula is C114H57N9O3S3. The number of thiophene rings is 3. The number of benzene rings is 18. The molecular weight excluding hydrogens is 1640 g/mol. The van der Waals surface area contributed by atoms with Crippen LogP contribution in [0.1, 0.15) is 33.4 Å². The quantitative estimate of drug-likeness (QED) is 0.155. The van der Waals surface area contributed by atoms with Crippen molar-refractivity contribution < 1.29 is 13.3 Å². The molecule has 0 unspecified atom stereocenters. The van der Waals surface area contributed by atoms with Gasteiger partial charge in [0.1, 0.15) is 45.6 Å². The van der Waals surface area contributed by atoms with Crippen LogP contribution in [-0.4, -0.2) is 13.7 Å². The maximum absolute atomic E-state index is 10.4. The van der Waals surface area contributed by atoms with Crippen LogP contribution in [-0.2, 0) is 0 Å². The van der Waals surface area contributed by atoms with Gasteiger partial charge in [-0.15, -0.1) is 34.0 Å². The van der Waals surface area contributed by atoms with Crippen molar-refractivity contribution in [2.45, 2.75) is 0 Å². The molecule has 0 saturated heterocycles. The van der Waals surface area contributed by atoms with Gasteiger partial charge in [0.15, 0.2) is 0 Å². The van der Waals surface area contributed by atoms with E-state index in [0.29, 0.717) is 33.4 Å². The summed E-state index contributed by atoms with van der Waals surface area (Å²) in [7, 11) is 0. The van der Waals surface area contributed by atoms with Crippen molar-refractivity contribution in [2.75, 3.05) is 0 Å². The standard InChI is InChI=1S/3C38H19N3OS/c39-20-23-7-6-13-31(35(23)22-15-18-34-29(19-22)25-9-2-4-14-33(25)42-34)41-30-12-3-1-10-28(30)36-32(41)17-16-27-26-11-5-8-24(21-40)37(26)43-38(27)36;39-20-22-12-16-33-29(18-22)30-19-23(13-17-34(30)42-33)25-9-5-6-24(21-40)37(25)41-31-10-3-1-8-28(31)36-32(41)15-14-27-26-7-2-4-11-35(26)43-38(27)36;39-20-22-10-15-34-29(17-22)30-19-24(11-16-35(30)42-34)25-12-9-23(21-40)18-33(25)41-31-7-3-1-6-28(31)37-32(41)14-13-27-26-5-2-4-8-36(26)43-38(27)37/h3*1-19H. The van der Waals surface area contributed by atoms with Crippen LogP contribution in [0, 0.1) is 68.0 Å². The number of rotatable bonds is 6. The minimum atomic E-state index is 0.589. The van der Waals surface area contributed by atoms with Crippen molar-refractivity contribution >= 4 is 226 Å². The second-order valence-corrected chi connectivity index (χ2v) is 35.3. The number of nitriles is 6. The van der Waals surface area contributed by atoms with E-state index in [1.807, 2.05) is 150 Å². The Morgan fingerprint density at radius 3 is 1.16 bits per heavy atom. The monoisotopic (exact) mass is 1700 g/mol. The predicted molar refractivity (Wildman–Crippen MR) is 527 cm³/mol. The summed E-state index contributed by atoms with van der Waals surface area (Å²) in [6, 6.07) is 131. The Labute approximate surface area is 744 Å². The molecule has 0 aliphatic carbocycles. The third-order valence-corrected chi connectivity index (χ3v) is 29.1. The largest absolute Gasteiger partial charge is 0.456 e. The Balaban J connectivity index is 0.000000105. The summed E-state index contributed by atoms with van der Waals surface area (Å²) in [4.78, 5) is 0. The zero-order valence-corrected chi connectivity index (χ0v) is 70.3. The number of nitrogens with zero attached hydrogens (tertiary/aromatic N) is 9. The van der Waals surface area contributed by atoms with Crippen LogP contribution in [0.5, 0.6) is 0 Å². The Morgan fingerprint density at radius 1 is 0.217 bits per heavy atom. The summed E-state index contributed by atoms with van der Waals surface area (Å²) in [6.07, 6.45) is 0. The van der Waals surface area contributed by atoms with Crippen LogP contribution in [0.25, 0.3) is 242 Å². The van der Waals surface area contributed by atoms with E-state index in [4.69, 9.17) is 13.3 Å². The van der Waals surface area contributed by atoms with Crippen LogP contribution in [0.4, 0.5) is 0 Å². The van der Waals surface area contributed by atoms with Crippen molar-refractivity contribution in [3.63, 3.8) is 0 Å². The molecule has 0 aliphatic heterocycles. The second kappa shape index (κ2) is 29.0. The molecule has 12 nitrogen and oxygen atoms in total. The molecule has 0 spiro atoms. The summed E-state index contributed by atoms with van der Waals surface area (Å²) in [5.41, 5.74) is 23.3. The lowest BCUT2D eigenvalue weighted by molar-refractivity contribution is 0.668. The van der Waals surface area contributed by atoms with Crippen molar-refractivity contribution in [1.29, 1.82) is 31.6 Å². The van der Waals surface area contributed by atoms with Gasteiger partial charge in [0, 0.05) is 137 Å². The number of para-hydroxylation sites is 5. The maximum Gasteiger partial charge on any atom is 0.135 e. The maximum atomic E-state index is 10.4. The van der Waals surface area contributed by atoms with E-state index >= 15 is 0 Å². The average molecular weight is 1700 g/mol. The topological polar surface area (TPSA) is 197 Å². The van der Waals surface area contributed by atoms with Gasteiger partial charge in [-0.1, -0.05) is 182 Å². The van der Waals surface area contributed by atoms with Crippen molar-refractivity contribution in [1.82, 2.24) is 13.7 Å². The predicted octanol–water partition coefficient (Wildman–Crippen LogP) is 31.4. The van der Waals surface area contributed by atoms with Crippen LogP contribution >= 0.6 is 34.0 Å². The first-order valence-corrected chi connectivity index (χ1v) is 44.4. The van der Waals surface area contributed by atoms with Gasteiger partial charge in [0.05, 0.1) is 113 Å². The molecule has 0 saturated carbocycles. The van der Waals surface area contributed by atoms with Gasteiger partial charge in [-0.05, 0) is 180 Å². The van der Waals surface area contributed by atoms with Gasteiger partial charge in [-0.3, -0.25) is 0 Å². The van der Waals surface area contributed by atoms with E-state index in [1.165, 1.54) is 56.5 Å². The third-order valence-electron chi connectivity index (χ3n) is 25.4. The Bertz CT molecular complexity index is 9920. The molecule has 27 aromatic rings. The molecule has 594 valence electrons. The molecule has 27 rings (SSSR count). The minimum Gasteiger partial charge on any atom is -0.456 e. The highest BCUT2D eigenvalue weighted by Crippen LogP contribution is 2.51. The van der Waals surface area contributed by atoms with E-state index in [-0.39, 0.29) is 0 Å². The molecule has 0 radical (unpaired) electrons. The first-order chi connectivity index (χ1) is 63.7. The summed E-state index contributed by atoms with van der Waals surface area (Å²) in [5.74, 6) is 0. The van der Waals surface area contributed by atoms with Gasteiger partial charge in [-0.2, -0.15) is 31.6 Å². The minimum absolute atomic E-state index is 0.589. The molecule has 0 bridgehead atoms. The molecule has 0 aliphatic rings. The molecule has 129 heavy (non-hydrogen) atoms. The molecule has 0 fully saturated rings. The number of hydrogen-bond acceptors (Lipinski definition) is 12. The number of hydrogen-bond donors (Lipinski definition) is 0. The highest BCUT2D eigenvalue weighted by atomic mass is 32.1. The van der Waals surface area contributed by atoms with E-state index in [0.717, 1.165) is 186 Å². The molecule has 0 N–H and O–H groups in total. The first-order valence-electron chi connectivity index (χ1n) is 41.9. The Hall–Kier alpha value is -17.6. The molecule has 15 heteroatoms. The molecule has 9 aromatic heterocycles. The van der Waals surface area contributed by atoms with Crippen molar-refractivity contribution in [3.05, 3.63) is 379 Å². The van der Waals surface area contributed by atoms with Gasteiger partial charge < -0.3 is 27.0 Å². The molecule has 18 aromatic carbocycles. The summed E-state index contributed by atoms with van der Waals surface area (Å²) in [6.45, 7) is 0. The van der Waals surface area contributed by atoms with Crippen LogP contribution < -0.4 is 0 Å². The Morgan fingerprint density at radius 2 is 0.597 bits per heavy atom. The highest BCUT2D eigenvalue weighted by Gasteiger charge is 2.28. The van der Waals surface area contributed by atoms with E-state index in [1.54, 1.807) is 23.5 Å². The van der Waals surface area contributed by atoms with Crippen LogP contribution in [0.2, 0.25) is 0 Å². The van der Waals surface area contributed by atoms with Crippen LogP contribution in [0.15, 0.2) is 359 Å². The third kappa shape index (κ3) is 11.3. The average Bonchev–Trinajstić information content (AvgIpc) is 1.56. The van der Waals surface area contributed by atoms with Gasteiger partial charge in [0.25, 0.3) is 0 Å². The SMILES string of the molecule is N#Cc1ccc(-c2ccc3oc4ccc(C#N)cc4c3c2)c(-n2c3ccccc3c3c4sc5ccccc5c4ccc32)c1.N#Cc1ccc2oc3ccc(-c4cccc(C#N)c4-n4c5ccccc5c5c6sc7ccccc7c6ccc54)cc3c2c1.N#Cc1cccc(-n2c3ccccc3c3c4sc5c(C#N)cccc5c4ccc32)c1-c1ccc2oc3ccccc3c2c1. The summed E-state index contributed by atoms with van der Waals surface area (Å²) < 4.78 is 32.4. The van der Waals surface area contributed by atoms with Gasteiger partial charge in [0.2, 0.25) is 0 Å². The second-order valence-electron chi connectivity index (χ2n) is 32.2. The van der Waals surface area contributed by atoms with E-state index < -0.39 is 0 Å². The lowest BCUT2D eigenvalue weighted by Crippen LogP contribution is -2.00. The number of aromatic nitrogens is 3. The summed E-state index contributed by atoms with van der Waals surface area (Å²) in [5, 5.41) is 79.7. The van der Waals surface area contributed by atoms with Gasteiger partial charge in [-0.25, -0.2) is 0 Å². The van der Waals surface area contributed by atoms with E-state index in [2.05, 4.69) is 256 Å². The lowest BCUT2D eigenvalue weighted by atomic mass is 9.96. The zero-order chi connectivity index (χ0) is 86.0. The summed E-state index contributed by atoms with van der Waals surface area (Å²) >= 11 is 5.33. The zero-order valence-electron chi connectivity index (χ0n) is 67.9. The first kappa shape index (κ1) is 74.0. The Kier molecular flexibility index (Phi) is 16.6. The fourth-order valence-electron chi connectivity index (χ4n) is 19.8. The molecule has 0 amide bonds. The van der Waals surface area contributed by atoms with E-state index in [9.17, 15) is 31.6 Å². The molecule has 0 atom stereocenters. The molecule has 9 heterocycles. The lowest BCUT2D eigenvalue weighted by Gasteiger charge is -2.16. The highest BCUT2D eigenvalue weighted by molar-refractivity contribution is 7.28. The van der Waals surface area contributed by atoms with Crippen LogP contribution in [0.3, 0.4) is 0 Å². The smallest absolute Gasteiger partial charge is 0.135 e. The number of furan rings is 3. The van der Waals surface area contributed by atoms with Gasteiger partial charge >= 0.3 is 0 Å². The number of fused-ring (bicyclic) bond motifs is 30. The normalized spacial score (nSPS) is 11.7.